The van der Waals surface area contributed by atoms with Gasteiger partial charge in [0.05, 0.1) is 11.8 Å². The molecule has 134 valence electrons. The number of anilines is 1. The van der Waals surface area contributed by atoms with Crippen molar-refractivity contribution in [3.05, 3.63) is 29.3 Å². The minimum atomic E-state index is -0.850. The molecular weight excluding hydrogens is 320 g/mol. The summed E-state index contributed by atoms with van der Waals surface area (Å²) in [7, 11) is 0. The lowest BCUT2D eigenvalue weighted by Gasteiger charge is -2.32. The number of carbonyl (C=O) groups is 3. The second kappa shape index (κ2) is 6.86. The van der Waals surface area contributed by atoms with E-state index in [9.17, 15) is 19.5 Å². The Morgan fingerprint density at radius 2 is 1.88 bits per heavy atom. The van der Waals surface area contributed by atoms with Crippen LogP contribution in [-0.2, 0) is 14.4 Å². The first-order valence-corrected chi connectivity index (χ1v) is 8.76. The van der Waals surface area contributed by atoms with E-state index in [0.717, 1.165) is 16.8 Å². The minimum Gasteiger partial charge on any atom is -0.481 e. The normalized spacial score (nSPS) is 23.8. The van der Waals surface area contributed by atoms with Gasteiger partial charge in [0.1, 0.15) is 0 Å². The molecule has 0 aromatic heterocycles. The second-order valence-corrected chi connectivity index (χ2v) is 7.14. The third-order valence-corrected chi connectivity index (χ3v) is 5.36. The van der Waals surface area contributed by atoms with Crippen LogP contribution >= 0.6 is 0 Å². The molecule has 1 N–H and O–H groups in total. The molecule has 0 bridgehead atoms. The van der Waals surface area contributed by atoms with Crippen LogP contribution in [0.15, 0.2) is 18.2 Å². The summed E-state index contributed by atoms with van der Waals surface area (Å²) >= 11 is 0. The Kier molecular flexibility index (Phi) is 4.79. The molecular formula is C19H24N2O4. The number of aryl methyl sites for hydroxylation is 2. The summed E-state index contributed by atoms with van der Waals surface area (Å²) in [5, 5.41) is 9.18. The summed E-state index contributed by atoms with van der Waals surface area (Å²) in [5.41, 5.74) is 3.10. The van der Waals surface area contributed by atoms with Crippen LogP contribution in [-0.4, -0.2) is 47.4 Å². The number of benzene rings is 1. The summed E-state index contributed by atoms with van der Waals surface area (Å²) in [6.45, 7) is 5.22. The van der Waals surface area contributed by atoms with Gasteiger partial charge in [-0.1, -0.05) is 6.07 Å². The van der Waals surface area contributed by atoms with E-state index in [1.54, 1.807) is 9.80 Å². The van der Waals surface area contributed by atoms with Crippen LogP contribution in [0.3, 0.4) is 0 Å². The average Bonchev–Trinajstić information content (AvgIpc) is 2.98. The number of carboxylic acids is 1. The molecule has 6 nitrogen and oxygen atoms in total. The Hall–Kier alpha value is -2.37. The third kappa shape index (κ3) is 3.52. The van der Waals surface area contributed by atoms with Crippen molar-refractivity contribution in [2.24, 2.45) is 11.8 Å². The van der Waals surface area contributed by atoms with E-state index in [1.165, 1.54) is 0 Å². The Morgan fingerprint density at radius 1 is 1.12 bits per heavy atom. The average molecular weight is 344 g/mol. The Bertz CT molecular complexity index is 715. The fourth-order valence-corrected chi connectivity index (χ4v) is 3.65. The fraction of sp³-hybridized carbons (Fsp3) is 0.526. The SMILES string of the molecule is Cc1ccc(N2C[C@H](C(=O)N3CCC[C@@H](C(=O)O)C3)CC2=O)cc1C. The highest BCUT2D eigenvalue weighted by molar-refractivity contribution is 6.00. The molecule has 0 unspecified atom stereocenters. The van der Waals surface area contributed by atoms with Gasteiger partial charge in [-0.3, -0.25) is 14.4 Å². The van der Waals surface area contributed by atoms with Gasteiger partial charge in [-0.25, -0.2) is 0 Å². The number of carboxylic acid groups (broad SMARTS) is 1. The van der Waals surface area contributed by atoms with E-state index in [4.69, 9.17) is 0 Å². The summed E-state index contributed by atoms with van der Waals surface area (Å²) in [4.78, 5) is 39.7. The Morgan fingerprint density at radius 3 is 2.56 bits per heavy atom. The van der Waals surface area contributed by atoms with Crippen molar-refractivity contribution in [2.45, 2.75) is 33.1 Å². The molecule has 0 radical (unpaired) electrons. The van der Waals surface area contributed by atoms with Crippen molar-refractivity contribution in [1.82, 2.24) is 4.90 Å². The lowest BCUT2D eigenvalue weighted by Crippen LogP contribution is -2.45. The van der Waals surface area contributed by atoms with Crippen molar-refractivity contribution >= 4 is 23.5 Å². The first-order valence-electron chi connectivity index (χ1n) is 8.76. The number of hydrogen-bond donors (Lipinski definition) is 1. The predicted octanol–water partition coefficient (Wildman–Crippen LogP) is 1.98. The van der Waals surface area contributed by atoms with Gasteiger partial charge in [0.2, 0.25) is 11.8 Å². The van der Waals surface area contributed by atoms with E-state index in [-0.39, 0.29) is 30.7 Å². The topological polar surface area (TPSA) is 77.9 Å². The van der Waals surface area contributed by atoms with Gasteiger partial charge in [0.25, 0.3) is 0 Å². The molecule has 0 saturated carbocycles. The molecule has 2 saturated heterocycles. The number of aliphatic carboxylic acids is 1. The van der Waals surface area contributed by atoms with Crippen LogP contribution in [0.2, 0.25) is 0 Å². The number of nitrogens with zero attached hydrogens (tertiary/aromatic N) is 2. The molecule has 1 aromatic rings. The Labute approximate surface area is 147 Å². The second-order valence-electron chi connectivity index (χ2n) is 7.14. The fourth-order valence-electron chi connectivity index (χ4n) is 3.65. The van der Waals surface area contributed by atoms with Crippen molar-refractivity contribution in [3.63, 3.8) is 0 Å². The summed E-state index contributed by atoms with van der Waals surface area (Å²) < 4.78 is 0. The van der Waals surface area contributed by atoms with Gasteiger partial charge in [-0.2, -0.15) is 0 Å². The molecule has 3 rings (SSSR count). The number of rotatable bonds is 3. The van der Waals surface area contributed by atoms with Crippen LogP contribution in [0.4, 0.5) is 5.69 Å². The van der Waals surface area contributed by atoms with Crippen LogP contribution in [0.1, 0.15) is 30.4 Å². The maximum absolute atomic E-state index is 12.8. The largest absolute Gasteiger partial charge is 0.481 e. The maximum atomic E-state index is 12.8. The molecule has 2 fully saturated rings. The lowest BCUT2D eigenvalue weighted by atomic mass is 9.96. The molecule has 2 aliphatic heterocycles. The quantitative estimate of drug-likeness (QED) is 0.909. The highest BCUT2D eigenvalue weighted by Gasteiger charge is 2.39. The molecule has 2 aliphatic rings. The van der Waals surface area contributed by atoms with Gasteiger partial charge in [0, 0.05) is 31.7 Å². The Balaban J connectivity index is 1.70. The van der Waals surface area contributed by atoms with Crippen LogP contribution in [0, 0.1) is 25.7 Å². The van der Waals surface area contributed by atoms with Crippen molar-refractivity contribution in [2.75, 3.05) is 24.5 Å². The summed E-state index contributed by atoms with van der Waals surface area (Å²) in [5.74, 6) is -1.87. The van der Waals surface area contributed by atoms with Gasteiger partial charge >= 0.3 is 5.97 Å². The first kappa shape index (κ1) is 17.5. The number of carbonyl (C=O) groups excluding carboxylic acids is 2. The molecule has 1 aromatic carbocycles. The van der Waals surface area contributed by atoms with Gasteiger partial charge in [0.15, 0.2) is 0 Å². The zero-order valence-corrected chi connectivity index (χ0v) is 14.7. The van der Waals surface area contributed by atoms with Crippen molar-refractivity contribution in [1.29, 1.82) is 0 Å². The van der Waals surface area contributed by atoms with E-state index < -0.39 is 11.9 Å². The molecule has 2 amide bonds. The van der Waals surface area contributed by atoms with E-state index in [1.807, 2.05) is 32.0 Å². The smallest absolute Gasteiger partial charge is 0.308 e. The van der Waals surface area contributed by atoms with Gasteiger partial charge in [-0.15, -0.1) is 0 Å². The standard InChI is InChI=1S/C19H24N2O4/c1-12-5-6-16(8-13(12)2)21-11-15(9-17(21)22)18(23)20-7-3-4-14(10-20)19(24)25/h5-6,8,14-15H,3-4,7,9-11H2,1-2H3,(H,24,25)/t14-,15-/m1/s1. The minimum absolute atomic E-state index is 0.0478. The monoisotopic (exact) mass is 344 g/mol. The van der Waals surface area contributed by atoms with E-state index >= 15 is 0 Å². The summed E-state index contributed by atoms with van der Waals surface area (Å²) in [6.07, 6.45) is 1.50. The number of hydrogen-bond acceptors (Lipinski definition) is 3. The molecule has 25 heavy (non-hydrogen) atoms. The van der Waals surface area contributed by atoms with Crippen molar-refractivity contribution < 1.29 is 19.5 Å². The number of likely N-dealkylation sites (tertiary alicyclic amines) is 1. The molecule has 2 atom stereocenters. The zero-order valence-electron chi connectivity index (χ0n) is 14.7. The van der Waals surface area contributed by atoms with Crippen molar-refractivity contribution in [3.8, 4) is 0 Å². The molecule has 6 heteroatoms. The lowest BCUT2D eigenvalue weighted by molar-refractivity contribution is -0.146. The number of amides is 2. The molecule has 0 spiro atoms. The van der Waals surface area contributed by atoms with Gasteiger partial charge in [-0.05, 0) is 49.9 Å². The highest BCUT2D eigenvalue weighted by atomic mass is 16.4. The first-order chi connectivity index (χ1) is 11.9. The van der Waals surface area contributed by atoms with E-state index in [0.29, 0.717) is 25.9 Å². The molecule has 0 aliphatic carbocycles. The summed E-state index contributed by atoms with van der Waals surface area (Å²) in [6, 6.07) is 5.87. The number of piperidine rings is 1. The molecule has 2 heterocycles. The van der Waals surface area contributed by atoms with Crippen LogP contribution < -0.4 is 4.90 Å². The zero-order chi connectivity index (χ0) is 18.1. The third-order valence-electron chi connectivity index (χ3n) is 5.36. The predicted molar refractivity (Wildman–Crippen MR) is 93.3 cm³/mol. The van der Waals surface area contributed by atoms with Crippen LogP contribution in [0.5, 0.6) is 0 Å². The van der Waals surface area contributed by atoms with Crippen LogP contribution in [0.25, 0.3) is 0 Å². The highest BCUT2D eigenvalue weighted by Crippen LogP contribution is 2.29. The maximum Gasteiger partial charge on any atom is 0.308 e. The van der Waals surface area contributed by atoms with Gasteiger partial charge < -0.3 is 14.9 Å². The van der Waals surface area contributed by atoms with E-state index in [2.05, 4.69) is 0 Å².